The van der Waals surface area contributed by atoms with Gasteiger partial charge in [0.25, 0.3) is 17.2 Å². The molecule has 8 nitrogen and oxygen atoms in total. The summed E-state index contributed by atoms with van der Waals surface area (Å²) in [7, 11) is 0. The fourth-order valence-corrected chi connectivity index (χ4v) is 4.06. The predicted molar refractivity (Wildman–Crippen MR) is 109 cm³/mol. The lowest BCUT2D eigenvalue weighted by Crippen LogP contribution is -2.55. The largest absolute Gasteiger partial charge is 0.502 e. The molecule has 0 unspecified atom stereocenters. The number of benzene rings is 2. The SMILES string of the molecule is C[C@H](Oc1nn2c(c(O)c1=O)C(=O)N1CCOC[C@@H]1C2)c1ccc2ccccc2c1. The van der Waals surface area contributed by atoms with Crippen molar-refractivity contribution in [3.63, 3.8) is 0 Å². The van der Waals surface area contributed by atoms with Crippen molar-refractivity contribution in [1.82, 2.24) is 14.7 Å². The second kappa shape index (κ2) is 7.14. The molecule has 0 saturated carbocycles. The summed E-state index contributed by atoms with van der Waals surface area (Å²) in [4.78, 5) is 27.1. The quantitative estimate of drug-likeness (QED) is 0.715. The monoisotopic (exact) mass is 407 g/mol. The molecule has 0 aliphatic carbocycles. The van der Waals surface area contributed by atoms with Crippen LogP contribution in [0.3, 0.4) is 0 Å². The van der Waals surface area contributed by atoms with Gasteiger partial charge in [0.05, 0.1) is 25.8 Å². The number of aromatic hydroxyl groups is 1. The fourth-order valence-electron chi connectivity index (χ4n) is 4.06. The molecular weight excluding hydrogens is 386 g/mol. The third-order valence-corrected chi connectivity index (χ3v) is 5.71. The van der Waals surface area contributed by atoms with Crippen LogP contribution in [-0.4, -0.2) is 51.5 Å². The molecular formula is C22H21N3O5. The van der Waals surface area contributed by atoms with Gasteiger partial charge in [-0.1, -0.05) is 36.4 Å². The molecule has 1 N–H and O–H groups in total. The molecule has 0 radical (unpaired) electrons. The summed E-state index contributed by atoms with van der Waals surface area (Å²) < 4.78 is 12.6. The van der Waals surface area contributed by atoms with Gasteiger partial charge in [0.15, 0.2) is 5.69 Å². The van der Waals surface area contributed by atoms with Crippen LogP contribution in [-0.2, 0) is 11.3 Å². The van der Waals surface area contributed by atoms with E-state index >= 15 is 0 Å². The molecule has 2 aliphatic heterocycles. The van der Waals surface area contributed by atoms with Gasteiger partial charge in [-0.05, 0) is 29.3 Å². The standard InChI is InChI=1S/C22H21N3O5/c1-13(15-7-6-14-4-2-3-5-16(14)10-15)30-21-20(27)19(26)18-22(28)24-8-9-29-12-17(24)11-25(18)23-21/h2-7,10,13,17,26H,8-9,11-12H2,1H3/t13-,17-/m0/s1. The van der Waals surface area contributed by atoms with Crippen molar-refractivity contribution in [3.05, 3.63) is 63.9 Å². The smallest absolute Gasteiger partial charge is 0.285 e. The molecule has 154 valence electrons. The maximum Gasteiger partial charge on any atom is 0.285 e. The summed E-state index contributed by atoms with van der Waals surface area (Å²) in [5, 5.41) is 16.9. The highest BCUT2D eigenvalue weighted by Gasteiger charge is 2.38. The van der Waals surface area contributed by atoms with Crippen LogP contribution in [0.2, 0.25) is 0 Å². The number of carbonyl (C=O) groups excluding carboxylic acids is 1. The summed E-state index contributed by atoms with van der Waals surface area (Å²) in [6.07, 6.45) is -0.471. The van der Waals surface area contributed by atoms with Crippen molar-refractivity contribution in [2.45, 2.75) is 25.6 Å². The Morgan fingerprint density at radius 1 is 1.20 bits per heavy atom. The van der Waals surface area contributed by atoms with Crippen LogP contribution in [0.25, 0.3) is 10.8 Å². The zero-order valence-corrected chi connectivity index (χ0v) is 16.4. The van der Waals surface area contributed by atoms with Crippen LogP contribution < -0.4 is 10.2 Å². The third-order valence-electron chi connectivity index (χ3n) is 5.71. The van der Waals surface area contributed by atoms with Gasteiger partial charge in [-0.25, -0.2) is 0 Å². The minimum Gasteiger partial charge on any atom is -0.502 e. The third kappa shape index (κ3) is 3.00. The molecule has 2 atom stereocenters. The first kappa shape index (κ1) is 18.6. The van der Waals surface area contributed by atoms with Gasteiger partial charge < -0.3 is 19.5 Å². The van der Waals surface area contributed by atoms with Gasteiger partial charge in [0.2, 0.25) is 5.75 Å². The van der Waals surface area contributed by atoms with E-state index in [9.17, 15) is 14.7 Å². The first-order valence-corrected chi connectivity index (χ1v) is 9.91. The number of hydrogen-bond acceptors (Lipinski definition) is 6. The molecule has 0 spiro atoms. The van der Waals surface area contributed by atoms with Gasteiger partial charge in [-0.2, -0.15) is 0 Å². The highest BCUT2D eigenvalue weighted by Crippen LogP contribution is 2.27. The lowest BCUT2D eigenvalue weighted by atomic mass is 10.0. The van der Waals surface area contributed by atoms with Gasteiger partial charge in [-0.3, -0.25) is 14.3 Å². The van der Waals surface area contributed by atoms with Crippen LogP contribution in [0, 0.1) is 0 Å². The second-order valence-corrected chi connectivity index (χ2v) is 7.61. The summed E-state index contributed by atoms with van der Waals surface area (Å²) in [6, 6.07) is 13.7. The van der Waals surface area contributed by atoms with Crippen LogP contribution in [0.15, 0.2) is 47.3 Å². The zero-order chi connectivity index (χ0) is 20.8. The molecule has 0 bridgehead atoms. The summed E-state index contributed by atoms with van der Waals surface area (Å²) in [6.45, 7) is 3.40. The van der Waals surface area contributed by atoms with E-state index in [0.29, 0.717) is 26.3 Å². The van der Waals surface area contributed by atoms with Crippen molar-refractivity contribution < 1.29 is 19.4 Å². The Hall–Kier alpha value is -3.39. The van der Waals surface area contributed by atoms with Crippen LogP contribution in [0.5, 0.6) is 11.6 Å². The Bertz CT molecular complexity index is 1210. The number of rotatable bonds is 3. The molecule has 30 heavy (non-hydrogen) atoms. The van der Waals surface area contributed by atoms with E-state index in [4.69, 9.17) is 9.47 Å². The topological polar surface area (TPSA) is 93.9 Å². The van der Waals surface area contributed by atoms with E-state index in [-0.39, 0.29) is 17.6 Å². The van der Waals surface area contributed by atoms with Crippen LogP contribution in [0.4, 0.5) is 0 Å². The molecule has 2 aliphatic rings. The zero-order valence-electron chi connectivity index (χ0n) is 16.4. The average Bonchev–Trinajstić information content (AvgIpc) is 2.77. The van der Waals surface area contributed by atoms with Gasteiger partial charge in [-0.15, -0.1) is 5.10 Å². The molecule has 5 rings (SSSR count). The molecule has 1 fully saturated rings. The number of amides is 1. The van der Waals surface area contributed by atoms with E-state index in [2.05, 4.69) is 5.10 Å². The number of nitrogens with zero attached hydrogens (tertiary/aromatic N) is 3. The number of ether oxygens (including phenoxy) is 2. The first-order valence-electron chi connectivity index (χ1n) is 9.91. The molecule has 3 aromatic rings. The Kier molecular flexibility index (Phi) is 4.43. The summed E-state index contributed by atoms with van der Waals surface area (Å²) in [5.74, 6) is -1.26. The first-order chi connectivity index (χ1) is 14.5. The predicted octanol–water partition coefficient (Wildman–Crippen LogP) is 2.10. The number of fused-ring (bicyclic) bond motifs is 3. The summed E-state index contributed by atoms with van der Waals surface area (Å²) >= 11 is 0. The lowest BCUT2D eigenvalue weighted by molar-refractivity contribution is -0.0161. The molecule has 1 aromatic heterocycles. The van der Waals surface area contributed by atoms with Crippen molar-refractivity contribution >= 4 is 16.7 Å². The van der Waals surface area contributed by atoms with E-state index < -0.39 is 23.2 Å². The van der Waals surface area contributed by atoms with Gasteiger partial charge in [0, 0.05) is 6.54 Å². The fraction of sp³-hybridized carbons (Fsp3) is 0.318. The van der Waals surface area contributed by atoms with Gasteiger partial charge in [0.1, 0.15) is 6.10 Å². The highest BCUT2D eigenvalue weighted by atomic mass is 16.5. The van der Waals surface area contributed by atoms with Crippen molar-refractivity contribution in [1.29, 1.82) is 0 Å². The van der Waals surface area contributed by atoms with Crippen molar-refractivity contribution in [3.8, 4) is 11.6 Å². The number of hydrogen-bond donors (Lipinski definition) is 1. The Labute approximate surface area is 172 Å². The second-order valence-electron chi connectivity index (χ2n) is 7.61. The lowest BCUT2D eigenvalue weighted by Gasteiger charge is -2.39. The minimum absolute atomic E-state index is 0.0936. The molecule has 2 aromatic carbocycles. The number of carbonyl (C=O) groups is 1. The van der Waals surface area contributed by atoms with E-state index in [0.717, 1.165) is 16.3 Å². The maximum atomic E-state index is 12.8. The number of aromatic nitrogens is 2. The highest BCUT2D eigenvalue weighted by molar-refractivity contribution is 5.96. The maximum absolute atomic E-state index is 12.8. The molecule has 1 amide bonds. The van der Waals surface area contributed by atoms with E-state index in [1.54, 1.807) is 4.90 Å². The molecule has 3 heterocycles. The molecule has 1 saturated heterocycles. The Morgan fingerprint density at radius 2 is 2.00 bits per heavy atom. The van der Waals surface area contributed by atoms with Crippen molar-refractivity contribution in [2.24, 2.45) is 0 Å². The van der Waals surface area contributed by atoms with E-state index in [1.165, 1.54) is 4.68 Å². The van der Waals surface area contributed by atoms with Gasteiger partial charge >= 0.3 is 0 Å². The number of morpholine rings is 1. The van der Waals surface area contributed by atoms with E-state index in [1.807, 2.05) is 49.4 Å². The molecule has 8 heteroatoms. The average molecular weight is 407 g/mol. The summed E-state index contributed by atoms with van der Waals surface area (Å²) in [5.41, 5.74) is -0.00199. The van der Waals surface area contributed by atoms with Crippen molar-refractivity contribution in [2.75, 3.05) is 19.8 Å². The van der Waals surface area contributed by atoms with Crippen LogP contribution >= 0.6 is 0 Å². The van der Waals surface area contributed by atoms with Crippen LogP contribution in [0.1, 0.15) is 29.1 Å². The normalized spacial score (nSPS) is 19.3. The Morgan fingerprint density at radius 3 is 2.83 bits per heavy atom. The Balaban J connectivity index is 1.48. The minimum atomic E-state index is -0.783.